The molecule has 0 aliphatic rings. The summed E-state index contributed by atoms with van der Waals surface area (Å²) in [6.45, 7) is -0.0605. The predicted molar refractivity (Wildman–Crippen MR) is 103 cm³/mol. The van der Waals surface area contributed by atoms with Gasteiger partial charge in [-0.1, -0.05) is 24.3 Å². The summed E-state index contributed by atoms with van der Waals surface area (Å²) in [6.07, 6.45) is 0. The molecule has 27 heavy (non-hydrogen) atoms. The summed E-state index contributed by atoms with van der Waals surface area (Å²) in [5, 5.41) is 23.4. The monoisotopic (exact) mass is 362 g/mol. The van der Waals surface area contributed by atoms with E-state index in [1.54, 1.807) is 35.9 Å². The van der Waals surface area contributed by atoms with Crippen LogP contribution in [0.3, 0.4) is 0 Å². The van der Waals surface area contributed by atoms with Crippen LogP contribution in [0.15, 0.2) is 48.5 Å². The normalized spacial score (nSPS) is 11.6. The van der Waals surface area contributed by atoms with Gasteiger partial charge in [-0.2, -0.15) is 5.26 Å². The van der Waals surface area contributed by atoms with Gasteiger partial charge >= 0.3 is 5.97 Å². The highest BCUT2D eigenvalue weighted by Crippen LogP contribution is 2.29. The number of carbonyl (C=O) groups is 1. The molecule has 0 bridgehead atoms. The maximum Gasteiger partial charge on any atom is 0.325 e. The van der Waals surface area contributed by atoms with E-state index in [0.717, 1.165) is 11.0 Å². The van der Waals surface area contributed by atoms with Crippen LogP contribution >= 0.6 is 0 Å². The number of imidazole rings is 1. The molecule has 0 aliphatic carbocycles. The lowest BCUT2D eigenvalue weighted by Gasteiger charge is -2.12. The highest BCUT2D eigenvalue weighted by Gasteiger charge is 2.19. The standard InChI is InChI=1S/C20H18N4O3/c1-24-17-10-6-5-9-16(17)23-20(24)14(11-21)19(26)13-7-3-4-8-15(13)22-12-18(25)27-2/h3-10,22,26H,12H2,1-2H3. The fourth-order valence-corrected chi connectivity index (χ4v) is 2.80. The Morgan fingerprint density at radius 1 is 1.26 bits per heavy atom. The number of rotatable bonds is 5. The van der Waals surface area contributed by atoms with Gasteiger partial charge in [0, 0.05) is 18.3 Å². The number of hydrogen-bond acceptors (Lipinski definition) is 6. The fourth-order valence-electron chi connectivity index (χ4n) is 2.80. The molecule has 1 heterocycles. The van der Waals surface area contributed by atoms with E-state index >= 15 is 0 Å². The van der Waals surface area contributed by atoms with E-state index < -0.39 is 5.97 Å². The van der Waals surface area contributed by atoms with Crippen molar-refractivity contribution in [2.45, 2.75) is 0 Å². The van der Waals surface area contributed by atoms with Gasteiger partial charge in [0.2, 0.25) is 0 Å². The summed E-state index contributed by atoms with van der Waals surface area (Å²) < 4.78 is 6.38. The molecule has 2 aromatic carbocycles. The Kier molecular flexibility index (Phi) is 5.08. The number of esters is 1. The molecule has 0 radical (unpaired) electrons. The maximum absolute atomic E-state index is 11.4. The van der Waals surface area contributed by atoms with Crippen LogP contribution in [0.5, 0.6) is 0 Å². The van der Waals surface area contributed by atoms with E-state index in [1.165, 1.54) is 7.11 Å². The Labute approximate surface area is 156 Å². The Morgan fingerprint density at radius 2 is 1.96 bits per heavy atom. The van der Waals surface area contributed by atoms with Gasteiger partial charge in [0.05, 0.1) is 18.1 Å². The number of ether oxygens (including phenoxy) is 1. The number of methoxy groups -OCH3 is 1. The summed E-state index contributed by atoms with van der Waals surface area (Å²) in [6, 6.07) is 16.4. The average molecular weight is 362 g/mol. The van der Waals surface area contributed by atoms with Gasteiger partial charge in [-0.3, -0.25) is 4.79 Å². The van der Waals surface area contributed by atoms with Gasteiger partial charge in [0.25, 0.3) is 0 Å². The minimum absolute atomic E-state index is 0.0426. The zero-order valence-electron chi connectivity index (χ0n) is 14.9. The fraction of sp³-hybridized carbons (Fsp3) is 0.150. The van der Waals surface area contributed by atoms with E-state index in [9.17, 15) is 15.2 Å². The molecule has 1 aromatic heterocycles. The van der Waals surface area contributed by atoms with E-state index in [1.807, 2.05) is 30.3 Å². The van der Waals surface area contributed by atoms with Crippen molar-refractivity contribution in [1.82, 2.24) is 9.55 Å². The first-order chi connectivity index (χ1) is 13.1. The molecule has 0 amide bonds. The maximum atomic E-state index is 11.4. The molecular weight excluding hydrogens is 344 g/mol. The first-order valence-electron chi connectivity index (χ1n) is 8.22. The van der Waals surface area contributed by atoms with Crippen molar-refractivity contribution in [3.05, 3.63) is 59.9 Å². The van der Waals surface area contributed by atoms with Crippen LogP contribution in [-0.4, -0.2) is 34.3 Å². The van der Waals surface area contributed by atoms with E-state index in [0.29, 0.717) is 17.1 Å². The number of aliphatic hydroxyl groups is 1. The number of anilines is 1. The molecule has 0 aliphatic heterocycles. The third-order valence-electron chi connectivity index (χ3n) is 4.19. The molecule has 0 fully saturated rings. The lowest BCUT2D eigenvalue weighted by molar-refractivity contribution is -0.138. The number of nitriles is 1. The number of aliphatic hydroxyl groups excluding tert-OH is 1. The zero-order valence-corrected chi connectivity index (χ0v) is 14.9. The summed E-state index contributed by atoms with van der Waals surface area (Å²) in [5.74, 6) is -0.299. The summed E-state index contributed by atoms with van der Waals surface area (Å²) in [7, 11) is 3.09. The number of aromatic nitrogens is 2. The second-order valence-electron chi connectivity index (χ2n) is 5.79. The van der Waals surface area contributed by atoms with Gasteiger partial charge in [-0.05, 0) is 24.3 Å². The number of hydrogen-bond donors (Lipinski definition) is 2. The molecule has 0 unspecified atom stereocenters. The molecule has 7 nitrogen and oxygen atoms in total. The van der Waals surface area contributed by atoms with Crippen LogP contribution < -0.4 is 5.32 Å². The Morgan fingerprint density at radius 3 is 2.67 bits per heavy atom. The molecule has 0 spiro atoms. The van der Waals surface area contributed by atoms with Crippen LogP contribution in [0.2, 0.25) is 0 Å². The van der Waals surface area contributed by atoms with E-state index in [-0.39, 0.29) is 17.9 Å². The smallest absolute Gasteiger partial charge is 0.325 e. The van der Waals surface area contributed by atoms with Crippen LogP contribution in [0.4, 0.5) is 5.69 Å². The number of allylic oxidation sites excluding steroid dienone is 1. The number of nitrogens with zero attached hydrogens (tertiary/aromatic N) is 3. The second kappa shape index (κ2) is 7.62. The van der Waals surface area contributed by atoms with Crippen molar-refractivity contribution >= 4 is 34.0 Å². The van der Waals surface area contributed by atoms with Crippen molar-refractivity contribution in [1.29, 1.82) is 5.26 Å². The van der Waals surface area contributed by atoms with Crippen LogP contribution in [0.1, 0.15) is 11.4 Å². The topological polar surface area (TPSA) is 100 Å². The first kappa shape index (κ1) is 18.0. The molecule has 2 N–H and O–H groups in total. The minimum Gasteiger partial charge on any atom is -0.506 e. The molecular formula is C20H18N4O3. The quantitative estimate of drug-likeness (QED) is 0.411. The van der Waals surface area contributed by atoms with Crippen molar-refractivity contribution in [3.8, 4) is 6.07 Å². The number of carbonyl (C=O) groups excluding carboxylic acids is 1. The van der Waals surface area contributed by atoms with Crippen molar-refractivity contribution in [2.75, 3.05) is 19.0 Å². The Balaban J connectivity index is 2.09. The highest BCUT2D eigenvalue weighted by molar-refractivity contribution is 5.97. The lowest BCUT2D eigenvalue weighted by Crippen LogP contribution is -2.15. The molecule has 3 aromatic rings. The van der Waals surface area contributed by atoms with Gasteiger partial charge in [-0.25, -0.2) is 4.98 Å². The predicted octanol–water partition coefficient (Wildman–Crippen LogP) is 3.11. The van der Waals surface area contributed by atoms with Crippen molar-refractivity contribution in [2.24, 2.45) is 7.05 Å². The van der Waals surface area contributed by atoms with E-state index in [2.05, 4.69) is 15.0 Å². The second-order valence-corrected chi connectivity index (χ2v) is 5.79. The van der Waals surface area contributed by atoms with Crippen molar-refractivity contribution < 1.29 is 14.6 Å². The number of nitrogens with one attached hydrogen (secondary N) is 1. The lowest BCUT2D eigenvalue weighted by atomic mass is 10.1. The Bertz CT molecular complexity index is 1080. The summed E-state index contributed by atoms with van der Waals surface area (Å²) >= 11 is 0. The number of para-hydroxylation sites is 3. The van der Waals surface area contributed by atoms with Gasteiger partial charge in [0.1, 0.15) is 23.9 Å². The molecule has 0 saturated carbocycles. The average Bonchev–Trinajstić information content (AvgIpc) is 3.03. The molecule has 0 atom stereocenters. The summed E-state index contributed by atoms with van der Waals surface area (Å²) in [5.41, 5.74) is 2.52. The zero-order chi connectivity index (χ0) is 19.4. The van der Waals surface area contributed by atoms with Crippen LogP contribution in [0, 0.1) is 11.3 Å². The molecule has 7 heteroatoms. The largest absolute Gasteiger partial charge is 0.506 e. The molecule has 0 saturated heterocycles. The number of aryl methyl sites for hydroxylation is 1. The number of fused-ring (bicyclic) bond motifs is 1. The SMILES string of the molecule is COC(=O)CNc1ccccc1C(O)=C(C#N)c1nc2ccccc2n1C. The molecule has 3 rings (SSSR count). The van der Waals surface area contributed by atoms with Gasteiger partial charge in [0.15, 0.2) is 5.82 Å². The van der Waals surface area contributed by atoms with Gasteiger partial charge < -0.3 is 19.7 Å². The van der Waals surface area contributed by atoms with E-state index in [4.69, 9.17) is 0 Å². The minimum atomic E-state index is -0.441. The number of benzene rings is 2. The third-order valence-corrected chi connectivity index (χ3v) is 4.19. The van der Waals surface area contributed by atoms with Crippen molar-refractivity contribution in [3.63, 3.8) is 0 Å². The van der Waals surface area contributed by atoms with Crippen LogP contribution in [0.25, 0.3) is 22.4 Å². The Hall–Kier alpha value is -3.79. The van der Waals surface area contributed by atoms with Crippen LogP contribution in [-0.2, 0) is 16.6 Å². The third kappa shape index (κ3) is 3.46. The first-order valence-corrected chi connectivity index (χ1v) is 8.22. The highest BCUT2D eigenvalue weighted by atomic mass is 16.5. The summed E-state index contributed by atoms with van der Waals surface area (Å²) in [4.78, 5) is 15.9. The molecule has 136 valence electrons. The van der Waals surface area contributed by atoms with Gasteiger partial charge in [-0.15, -0.1) is 0 Å².